The van der Waals surface area contributed by atoms with Gasteiger partial charge < -0.3 is 14.7 Å². The number of nitrogens with zero attached hydrogens (tertiary/aromatic N) is 1. The van der Waals surface area contributed by atoms with Crippen molar-refractivity contribution < 1.29 is 14.6 Å². The molecule has 0 aromatic carbocycles. The first-order valence-electron chi connectivity index (χ1n) is 8.07. The molecule has 2 fully saturated rings. The Kier molecular flexibility index (Phi) is 5.08. The van der Waals surface area contributed by atoms with Gasteiger partial charge in [-0.15, -0.1) is 0 Å². The summed E-state index contributed by atoms with van der Waals surface area (Å²) in [5, 5.41) is 10.3. The zero-order chi connectivity index (χ0) is 14.8. The molecule has 0 aromatic heterocycles. The summed E-state index contributed by atoms with van der Waals surface area (Å²) < 4.78 is 5.47. The van der Waals surface area contributed by atoms with Gasteiger partial charge in [0.05, 0.1) is 6.10 Å². The first-order chi connectivity index (χ1) is 9.53. The summed E-state index contributed by atoms with van der Waals surface area (Å²) >= 11 is 0. The number of methoxy groups -OCH3 is 1. The van der Waals surface area contributed by atoms with Gasteiger partial charge in [0.1, 0.15) is 5.60 Å². The third kappa shape index (κ3) is 2.86. The highest BCUT2D eigenvalue weighted by atomic mass is 16.5. The molecule has 1 amide bonds. The van der Waals surface area contributed by atoms with Gasteiger partial charge in [0, 0.05) is 25.6 Å². The Morgan fingerprint density at radius 2 is 2.00 bits per heavy atom. The lowest BCUT2D eigenvalue weighted by molar-refractivity contribution is -0.156. The lowest BCUT2D eigenvalue weighted by atomic mass is 9.80. The van der Waals surface area contributed by atoms with Crippen LogP contribution in [-0.2, 0) is 9.53 Å². The van der Waals surface area contributed by atoms with E-state index in [1.165, 1.54) is 6.42 Å². The summed E-state index contributed by atoms with van der Waals surface area (Å²) in [4.78, 5) is 14.8. The first kappa shape index (κ1) is 15.8. The molecule has 0 aromatic rings. The summed E-state index contributed by atoms with van der Waals surface area (Å²) in [6, 6.07) is 0.207. The number of aliphatic hydroxyl groups excluding tert-OH is 1. The Hall–Kier alpha value is -0.610. The lowest BCUT2D eigenvalue weighted by Gasteiger charge is -2.40. The molecule has 2 aliphatic rings. The molecule has 4 atom stereocenters. The Labute approximate surface area is 122 Å². The smallest absolute Gasteiger partial charge is 0.254 e. The monoisotopic (exact) mass is 283 g/mol. The van der Waals surface area contributed by atoms with E-state index in [1.54, 1.807) is 7.11 Å². The number of likely N-dealkylation sites (tertiary alicyclic amines) is 1. The zero-order valence-electron chi connectivity index (χ0n) is 13.1. The summed E-state index contributed by atoms with van der Waals surface area (Å²) in [7, 11) is 1.61. The van der Waals surface area contributed by atoms with Crippen LogP contribution >= 0.6 is 0 Å². The maximum atomic E-state index is 12.8. The van der Waals surface area contributed by atoms with E-state index in [1.807, 2.05) is 18.7 Å². The van der Waals surface area contributed by atoms with Crippen molar-refractivity contribution in [3.05, 3.63) is 0 Å². The molecule has 4 unspecified atom stereocenters. The number of carbonyl (C=O) groups excluding carboxylic acids is 1. The van der Waals surface area contributed by atoms with E-state index in [0.717, 1.165) is 38.6 Å². The molecule has 1 aliphatic carbocycles. The molecule has 0 spiro atoms. The Balaban J connectivity index is 2.12. The van der Waals surface area contributed by atoms with Crippen LogP contribution in [0.2, 0.25) is 0 Å². The van der Waals surface area contributed by atoms with Gasteiger partial charge in [0.15, 0.2) is 0 Å². The largest absolute Gasteiger partial charge is 0.393 e. The highest BCUT2D eigenvalue weighted by molar-refractivity contribution is 5.85. The van der Waals surface area contributed by atoms with Crippen LogP contribution in [0.3, 0.4) is 0 Å². The van der Waals surface area contributed by atoms with Crippen molar-refractivity contribution in [2.24, 2.45) is 5.92 Å². The van der Waals surface area contributed by atoms with Crippen LogP contribution < -0.4 is 0 Å². The van der Waals surface area contributed by atoms with Crippen molar-refractivity contribution in [2.75, 3.05) is 13.7 Å². The molecular weight excluding hydrogens is 254 g/mol. The minimum atomic E-state index is -0.720. The molecule has 20 heavy (non-hydrogen) atoms. The predicted octanol–water partition coefficient (Wildman–Crippen LogP) is 2.34. The highest BCUT2D eigenvalue weighted by Gasteiger charge is 2.44. The predicted molar refractivity (Wildman–Crippen MR) is 78.4 cm³/mol. The van der Waals surface area contributed by atoms with E-state index < -0.39 is 5.60 Å². The molecule has 2 rings (SSSR count). The maximum absolute atomic E-state index is 12.8. The van der Waals surface area contributed by atoms with Crippen LogP contribution in [0.15, 0.2) is 0 Å². The second kappa shape index (κ2) is 6.44. The number of ether oxygens (including phenoxy) is 1. The molecule has 0 bridgehead atoms. The van der Waals surface area contributed by atoms with E-state index in [2.05, 4.69) is 0 Å². The minimum absolute atomic E-state index is 0.0998. The van der Waals surface area contributed by atoms with Gasteiger partial charge in [-0.05, 0) is 39.0 Å². The number of carbonyl (C=O) groups is 1. The molecule has 1 aliphatic heterocycles. The molecule has 0 radical (unpaired) electrons. The molecule has 4 nitrogen and oxygen atoms in total. The quantitative estimate of drug-likeness (QED) is 0.861. The van der Waals surface area contributed by atoms with Crippen molar-refractivity contribution >= 4 is 5.91 Å². The third-order valence-electron chi connectivity index (χ3n) is 5.41. The second-order valence-corrected chi connectivity index (χ2v) is 6.51. The van der Waals surface area contributed by atoms with E-state index in [0.29, 0.717) is 6.42 Å². The van der Waals surface area contributed by atoms with Gasteiger partial charge in [-0.2, -0.15) is 0 Å². The normalized spacial score (nSPS) is 34.0. The van der Waals surface area contributed by atoms with Crippen LogP contribution in [0.25, 0.3) is 0 Å². The van der Waals surface area contributed by atoms with Gasteiger partial charge in [-0.25, -0.2) is 0 Å². The number of aliphatic hydroxyl groups is 1. The van der Waals surface area contributed by atoms with Crippen molar-refractivity contribution in [3.8, 4) is 0 Å². The van der Waals surface area contributed by atoms with Gasteiger partial charge in [-0.3, -0.25) is 4.79 Å². The standard InChI is InChI=1S/C16H29NO3/c1-4-16(2,20-3)15(19)17-11-7-9-13(17)12-8-5-6-10-14(12)18/h12-14,18H,4-11H2,1-3H3. The minimum Gasteiger partial charge on any atom is -0.393 e. The van der Waals surface area contributed by atoms with Crippen LogP contribution in [0, 0.1) is 5.92 Å². The molecule has 1 saturated carbocycles. The number of rotatable bonds is 4. The summed E-state index contributed by atoms with van der Waals surface area (Å²) in [6.45, 7) is 4.68. The topological polar surface area (TPSA) is 49.8 Å². The molecule has 1 N–H and O–H groups in total. The fourth-order valence-electron chi connectivity index (χ4n) is 3.77. The highest BCUT2D eigenvalue weighted by Crippen LogP contribution is 2.36. The van der Waals surface area contributed by atoms with Gasteiger partial charge in [0.2, 0.25) is 0 Å². The fourth-order valence-corrected chi connectivity index (χ4v) is 3.77. The van der Waals surface area contributed by atoms with E-state index in [4.69, 9.17) is 4.74 Å². The SMILES string of the molecule is CCC(C)(OC)C(=O)N1CCCC1C1CCCCC1O. The summed E-state index contributed by atoms with van der Waals surface area (Å²) in [5.74, 6) is 0.357. The second-order valence-electron chi connectivity index (χ2n) is 6.51. The van der Waals surface area contributed by atoms with Gasteiger partial charge in [0.25, 0.3) is 5.91 Å². The maximum Gasteiger partial charge on any atom is 0.254 e. The number of amides is 1. The fraction of sp³-hybridized carbons (Fsp3) is 0.938. The molecule has 116 valence electrons. The average Bonchev–Trinajstić information content (AvgIpc) is 2.95. The Morgan fingerprint density at radius 3 is 2.60 bits per heavy atom. The average molecular weight is 283 g/mol. The summed E-state index contributed by atoms with van der Waals surface area (Å²) in [6.07, 6.45) is 6.74. The molecule has 4 heteroatoms. The van der Waals surface area contributed by atoms with E-state index >= 15 is 0 Å². The third-order valence-corrected chi connectivity index (χ3v) is 5.41. The Morgan fingerprint density at radius 1 is 1.30 bits per heavy atom. The van der Waals surface area contributed by atoms with Crippen LogP contribution in [-0.4, -0.2) is 47.3 Å². The van der Waals surface area contributed by atoms with Gasteiger partial charge >= 0.3 is 0 Å². The Bertz CT molecular complexity index is 341. The number of hydrogen-bond donors (Lipinski definition) is 1. The molecule has 1 heterocycles. The molecular formula is C16H29NO3. The number of hydrogen-bond acceptors (Lipinski definition) is 3. The van der Waals surface area contributed by atoms with E-state index in [-0.39, 0.29) is 24.0 Å². The lowest BCUT2D eigenvalue weighted by Crippen LogP contribution is -2.53. The van der Waals surface area contributed by atoms with Crippen molar-refractivity contribution in [2.45, 2.75) is 76.5 Å². The van der Waals surface area contributed by atoms with Crippen LogP contribution in [0.4, 0.5) is 0 Å². The van der Waals surface area contributed by atoms with Crippen molar-refractivity contribution in [1.82, 2.24) is 4.90 Å². The van der Waals surface area contributed by atoms with Crippen LogP contribution in [0.1, 0.15) is 58.8 Å². The van der Waals surface area contributed by atoms with Crippen LogP contribution in [0.5, 0.6) is 0 Å². The van der Waals surface area contributed by atoms with Crippen molar-refractivity contribution in [1.29, 1.82) is 0 Å². The van der Waals surface area contributed by atoms with E-state index in [9.17, 15) is 9.90 Å². The first-order valence-corrected chi connectivity index (χ1v) is 8.07. The molecule has 1 saturated heterocycles. The zero-order valence-corrected chi connectivity index (χ0v) is 13.1. The van der Waals surface area contributed by atoms with Gasteiger partial charge in [-0.1, -0.05) is 19.8 Å². The summed E-state index contributed by atoms with van der Waals surface area (Å²) in [5.41, 5.74) is -0.720. The van der Waals surface area contributed by atoms with Crippen molar-refractivity contribution in [3.63, 3.8) is 0 Å².